The maximum Gasteiger partial charge on any atom is 0.254 e. The average molecular weight is 462 g/mol. The number of benzene rings is 3. The van der Waals surface area contributed by atoms with Crippen molar-refractivity contribution < 1.29 is 9.59 Å². The summed E-state index contributed by atoms with van der Waals surface area (Å²) in [4.78, 5) is 32.8. The van der Waals surface area contributed by atoms with Gasteiger partial charge in [-0.05, 0) is 65.9 Å². The van der Waals surface area contributed by atoms with Crippen LogP contribution in [-0.2, 0) is 19.6 Å². The highest BCUT2D eigenvalue weighted by atomic mass is 16.2. The Kier molecular flexibility index (Phi) is 6.15. The van der Waals surface area contributed by atoms with Crippen molar-refractivity contribution in [1.82, 2.24) is 15.2 Å². The van der Waals surface area contributed by atoms with Crippen LogP contribution in [0.4, 0.5) is 0 Å². The van der Waals surface area contributed by atoms with Crippen molar-refractivity contribution in [2.45, 2.75) is 33.5 Å². The van der Waals surface area contributed by atoms with E-state index < -0.39 is 0 Å². The molecular weight excluding hydrogens is 434 g/mol. The van der Waals surface area contributed by atoms with Crippen molar-refractivity contribution in [2.24, 2.45) is 0 Å². The first-order valence-electron chi connectivity index (χ1n) is 11.7. The molecule has 4 aromatic rings. The van der Waals surface area contributed by atoms with Crippen LogP contribution in [0, 0.1) is 13.8 Å². The Morgan fingerprint density at radius 1 is 0.829 bits per heavy atom. The van der Waals surface area contributed by atoms with Crippen LogP contribution >= 0.6 is 0 Å². The van der Waals surface area contributed by atoms with E-state index in [4.69, 9.17) is 0 Å². The van der Waals surface area contributed by atoms with Crippen molar-refractivity contribution in [2.75, 3.05) is 0 Å². The molecule has 5 heteroatoms. The number of aryl methyl sites for hydroxylation is 2. The van der Waals surface area contributed by atoms with Gasteiger partial charge in [-0.1, -0.05) is 60.2 Å². The highest BCUT2D eigenvalue weighted by Crippen LogP contribution is 2.27. The summed E-state index contributed by atoms with van der Waals surface area (Å²) in [5, 5.41) is 2.97. The Bertz CT molecular complexity index is 1370. The van der Waals surface area contributed by atoms with Crippen LogP contribution in [0.3, 0.4) is 0 Å². The highest BCUT2D eigenvalue weighted by Gasteiger charge is 2.25. The molecule has 5 nitrogen and oxygen atoms in total. The summed E-state index contributed by atoms with van der Waals surface area (Å²) >= 11 is 0. The van der Waals surface area contributed by atoms with Gasteiger partial charge in [-0.3, -0.25) is 14.6 Å². The largest absolute Gasteiger partial charge is 0.348 e. The molecule has 1 N–H and O–H groups in total. The number of pyridine rings is 1. The smallest absolute Gasteiger partial charge is 0.254 e. The quantitative estimate of drug-likeness (QED) is 0.430. The van der Waals surface area contributed by atoms with Gasteiger partial charge in [0, 0.05) is 42.7 Å². The lowest BCUT2D eigenvalue weighted by Crippen LogP contribution is -2.27. The van der Waals surface area contributed by atoms with Gasteiger partial charge in [0.15, 0.2) is 0 Å². The molecular formula is C30H27N3O2. The Labute approximate surface area is 205 Å². The van der Waals surface area contributed by atoms with Gasteiger partial charge in [0.2, 0.25) is 0 Å². The zero-order valence-corrected chi connectivity index (χ0v) is 19.9. The van der Waals surface area contributed by atoms with Crippen LogP contribution in [0.15, 0.2) is 85.1 Å². The van der Waals surface area contributed by atoms with E-state index in [1.54, 1.807) is 12.3 Å². The lowest BCUT2D eigenvalue weighted by molar-refractivity contribution is 0.0751. The SMILES string of the molecule is Cc1ccc(-c2cc(C(=O)NCc3ccc(C)nc3)cc(C(=O)N3Cc4ccccc4C3)c2)cc1. The maximum atomic E-state index is 13.5. The Balaban J connectivity index is 1.44. The average Bonchev–Trinajstić information content (AvgIpc) is 3.32. The van der Waals surface area contributed by atoms with Crippen LogP contribution in [-0.4, -0.2) is 21.7 Å². The van der Waals surface area contributed by atoms with E-state index in [0.717, 1.165) is 27.9 Å². The van der Waals surface area contributed by atoms with Crippen LogP contribution < -0.4 is 5.32 Å². The number of carbonyl (C=O) groups excluding carboxylic acids is 2. The van der Waals surface area contributed by atoms with Crippen molar-refractivity contribution in [1.29, 1.82) is 0 Å². The van der Waals surface area contributed by atoms with E-state index in [-0.39, 0.29) is 11.8 Å². The fourth-order valence-electron chi connectivity index (χ4n) is 4.34. The van der Waals surface area contributed by atoms with E-state index in [1.807, 2.05) is 79.4 Å². The number of nitrogens with one attached hydrogen (secondary N) is 1. The maximum absolute atomic E-state index is 13.5. The molecule has 0 atom stereocenters. The van der Waals surface area contributed by atoms with Gasteiger partial charge in [0.25, 0.3) is 11.8 Å². The van der Waals surface area contributed by atoms with Crippen LogP contribution in [0.2, 0.25) is 0 Å². The number of fused-ring (bicyclic) bond motifs is 1. The monoisotopic (exact) mass is 461 g/mol. The van der Waals surface area contributed by atoms with Crippen molar-refractivity contribution in [3.05, 3.63) is 124 Å². The lowest BCUT2D eigenvalue weighted by Gasteiger charge is -2.17. The number of rotatable bonds is 5. The molecule has 35 heavy (non-hydrogen) atoms. The molecule has 0 saturated heterocycles. The number of carbonyl (C=O) groups is 2. The fourth-order valence-corrected chi connectivity index (χ4v) is 4.34. The fraction of sp³-hybridized carbons (Fsp3) is 0.167. The summed E-state index contributed by atoms with van der Waals surface area (Å²) in [5.74, 6) is -0.301. The van der Waals surface area contributed by atoms with Gasteiger partial charge in [0.1, 0.15) is 0 Å². The van der Waals surface area contributed by atoms with Gasteiger partial charge in [-0.25, -0.2) is 0 Å². The molecule has 2 heterocycles. The van der Waals surface area contributed by atoms with Gasteiger partial charge < -0.3 is 10.2 Å². The zero-order chi connectivity index (χ0) is 24.4. The molecule has 1 aromatic heterocycles. The number of aromatic nitrogens is 1. The Hall–Kier alpha value is -4.25. The minimum absolute atomic E-state index is 0.0769. The van der Waals surface area contributed by atoms with E-state index in [2.05, 4.69) is 22.4 Å². The highest BCUT2D eigenvalue weighted by molar-refractivity contribution is 6.01. The first-order chi connectivity index (χ1) is 17.0. The van der Waals surface area contributed by atoms with Gasteiger partial charge >= 0.3 is 0 Å². The first kappa shape index (κ1) is 22.5. The summed E-state index contributed by atoms with van der Waals surface area (Å²) in [6.07, 6.45) is 1.76. The van der Waals surface area contributed by atoms with Crippen LogP contribution in [0.5, 0.6) is 0 Å². The standard InChI is InChI=1S/C30H27N3O2/c1-20-7-11-23(12-8-20)26-13-27(29(34)32-17-22-10-9-21(2)31-16-22)15-28(14-26)30(35)33-18-24-5-3-4-6-25(24)19-33/h3-16H,17-19H2,1-2H3,(H,32,34). The van der Waals surface area contributed by atoms with Crippen molar-refractivity contribution >= 4 is 11.8 Å². The molecule has 0 unspecified atom stereocenters. The van der Waals surface area contributed by atoms with Gasteiger partial charge in [-0.2, -0.15) is 0 Å². The molecule has 0 spiro atoms. The summed E-state index contributed by atoms with van der Waals surface area (Å²) in [7, 11) is 0. The van der Waals surface area contributed by atoms with E-state index in [1.165, 1.54) is 11.1 Å². The molecule has 174 valence electrons. The molecule has 2 amide bonds. The minimum atomic E-state index is -0.224. The topological polar surface area (TPSA) is 62.3 Å². The Morgan fingerprint density at radius 2 is 1.51 bits per heavy atom. The molecule has 0 bridgehead atoms. The van der Waals surface area contributed by atoms with Gasteiger partial charge in [0.05, 0.1) is 0 Å². The predicted octanol–water partition coefficient (Wildman–Crippen LogP) is 5.45. The van der Waals surface area contributed by atoms with Crippen molar-refractivity contribution in [3.63, 3.8) is 0 Å². The molecule has 1 aliphatic heterocycles. The lowest BCUT2D eigenvalue weighted by atomic mass is 9.98. The zero-order valence-electron chi connectivity index (χ0n) is 19.9. The normalized spacial score (nSPS) is 12.3. The molecule has 1 aliphatic rings. The predicted molar refractivity (Wildman–Crippen MR) is 137 cm³/mol. The number of hydrogen-bond acceptors (Lipinski definition) is 3. The van der Waals surface area contributed by atoms with Crippen LogP contribution in [0.1, 0.15) is 48.7 Å². The van der Waals surface area contributed by atoms with E-state index in [9.17, 15) is 9.59 Å². The molecule has 0 saturated carbocycles. The third-order valence-electron chi connectivity index (χ3n) is 6.38. The Morgan fingerprint density at radius 3 is 2.17 bits per heavy atom. The second-order valence-corrected chi connectivity index (χ2v) is 9.09. The third-order valence-corrected chi connectivity index (χ3v) is 6.38. The first-order valence-corrected chi connectivity index (χ1v) is 11.7. The van der Waals surface area contributed by atoms with Gasteiger partial charge in [-0.15, -0.1) is 0 Å². The third kappa shape index (κ3) is 4.99. The number of nitrogens with zero attached hydrogens (tertiary/aromatic N) is 2. The summed E-state index contributed by atoms with van der Waals surface area (Å²) in [6.45, 7) is 5.48. The second-order valence-electron chi connectivity index (χ2n) is 9.09. The number of hydrogen-bond donors (Lipinski definition) is 1. The van der Waals surface area contributed by atoms with Crippen LogP contribution in [0.25, 0.3) is 11.1 Å². The van der Waals surface area contributed by atoms with Crippen molar-refractivity contribution in [3.8, 4) is 11.1 Å². The summed E-state index contributed by atoms with van der Waals surface area (Å²) in [6, 6.07) is 25.5. The summed E-state index contributed by atoms with van der Waals surface area (Å²) < 4.78 is 0. The van der Waals surface area contributed by atoms with E-state index >= 15 is 0 Å². The molecule has 0 fully saturated rings. The molecule has 3 aromatic carbocycles. The number of amides is 2. The molecule has 5 rings (SSSR count). The summed E-state index contributed by atoms with van der Waals surface area (Å²) in [5.41, 5.74) is 8.12. The second kappa shape index (κ2) is 9.55. The minimum Gasteiger partial charge on any atom is -0.348 e. The molecule has 0 aliphatic carbocycles. The molecule has 0 radical (unpaired) electrons. The van der Waals surface area contributed by atoms with E-state index in [0.29, 0.717) is 30.8 Å².